The van der Waals surface area contributed by atoms with E-state index in [4.69, 9.17) is 0 Å². The summed E-state index contributed by atoms with van der Waals surface area (Å²) in [5, 5.41) is 20.3. The molecular formula is C13H17NO4. The molecule has 1 unspecified atom stereocenters. The molecule has 0 heterocycles. The Labute approximate surface area is 106 Å². The number of unbranched alkanes of at least 4 members (excludes halogenated alkanes) is 1. The first kappa shape index (κ1) is 14.3. The topological polar surface area (TPSA) is 80.4 Å². The number of aliphatic hydroxyl groups is 1. The van der Waals surface area contributed by atoms with E-state index in [2.05, 4.69) is 0 Å². The highest BCUT2D eigenvalue weighted by Crippen LogP contribution is 2.21. The van der Waals surface area contributed by atoms with Gasteiger partial charge in [-0.15, -0.1) is 0 Å². The summed E-state index contributed by atoms with van der Waals surface area (Å²) in [6.45, 7) is 2.00. The van der Waals surface area contributed by atoms with Crippen molar-refractivity contribution in [1.82, 2.24) is 0 Å². The lowest BCUT2D eigenvalue weighted by Gasteiger charge is -2.09. The van der Waals surface area contributed by atoms with Crippen molar-refractivity contribution in [2.24, 2.45) is 0 Å². The van der Waals surface area contributed by atoms with Gasteiger partial charge in [0.15, 0.2) is 0 Å². The minimum atomic E-state index is -0.879. The van der Waals surface area contributed by atoms with Crippen molar-refractivity contribution in [3.8, 4) is 0 Å². The van der Waals surface area contributed by atoms with Crippen molar-refractivity contribution < 1.29 is 14.8 Å². The van der Waals surface area contributed by atoms with Crippen molar-refractivity contribution in [3.05, 3.63) is 39.9 Å². The van der Waals surface area contributed by atoms with E-state index in [9.17, 15) is 20.0 Å². The molecule has 98 valence electrons. The summed E-state index contributed by atoms with van der Waals surface area (Å²) in [6.07, 6.45) is 1.43. The number of ketones is 1. The first-order valence-corrected chi connectivity index (χ1v) is 5.98. The zero-order valence-electron chi connectivity index (χ0n) is 10.3. The zero-order valence-corrected chi connectivity index (χ0v) is 10.3. The second kappa shape index (κ2) is 6.86. The summed E-state index contributed by atoms with van der Waals surface area (Å²) in [4.78, 5) is 21.5. The zero-order chi connectivity index (χ0) is 13.5. The Balaban J connectivity index is 2.58. The van der Waals surface area contributed by atoms with Crippen LogP contribution in [0.25, 0.3) is 0 Å². The van der Waals surface area contributed by atoms with Crippen LogP contribution < -0.4 is 0 Å². The summed E-state index contributed by atoms with van der Waals surface area (Å²) in [6, 6.07) is 5.62. The third kappa shape index (κ3) is 4.25. The lowest BCUT2D eigenvalue weighted by molar-refractivity contribution is -0.384. The Hall–Kier alpha value is -1.75. The number of benzene rings is 1. The van der Waals surface area contributed by atoms with Crippen LogP contribution >= 0.6 is 0 Å². The lowest BCUT2D eigenvalue weighted by Crippen LogP contribution is -2.06. The van der Waals surface area contributed by atoms with Crippen molar-refractivity contribution in [2.75, 3.05) is 0 Å². The summed E-state index contributed by atoms with van der Waals surface area (Å²) < 4.78 is 0. The molecule has 1 aromatic rings. The number of Topliss-reactive ketones (excluding diaryl/α,β-unsaturated/α-hetero) is 1. The van der Waals surface area contributed by atoms with Crippen molar-refractivity contribution in [1.29, 1.82) is 0 Å². The normalized spacial score (nSPS) is 12.1. The quantitative estimate of drug-likeness (QED) is 0.596. The second-order valence-electron chi connectivity index (χ2n) is 4.21. The maximum Gasteiger partial charge on any atom is 0.269 e. The van der Waals surface area contributed by atoms with Crippen LogP contribution in [0.3, 0.4) is 0 Å². The van der Waals surface area contributed by atoms with Gasteiger partial charge in [0.2, 0.25) is 0 Å². The van der Waals surface area contributed by atoms with Gasteiger partial charge in [0.05, 0.1) is 11.0 Å². The van der Waals surface area contributed by atoms with E-state index in [-0.39, 0.29) is 17.9 Å². The smallest absolute Gasteiger partial charge is 0.269 e. The molecule has 1 atom stereocenters. The highest BCUT2D eigenvalue weighted by Gasteiger charge is 2.14. The fraction of sp³-hybridized carbons (Fsp3) is 0.462. The number of nitrogens with zero attached hydrogens (tertiary/aromatic N) is 1. The van der Waals surface area contributed by atoms with Crippen LogP contribution in [0.5, 0.6) is 0 Å². The van der Waals surface area contributed by atoms with E-state index in [0.717, 1.165) is 12.8 Å². The van der Waals surface area contributed by atoms with Gasteiger partial charge < -0.3 is 5.11 Å². The molecule has 1 aromatic carbocycles. The predicted molar refractivity (Wildman–Crippen MR) is 67.2 cm³/mol. The summed E-state index contributed by atoms with van der Waals surface area (Å²) >= 11 is 0. The van der Waals surface area contributed by atoms with Crippen LogP contribution in [0.4, 0.5) is 5.69 Å². The number of nitro groups is 1. The first-order chi connectivity index (χ1) is 8.54. The van der Waals surface area contributed by atoms with E-state index in [1.165, 1.54) is 24.3 Å². The second-order valence-corrected chi connectivity index (χ2v) is 4.21. The molecule has 0 aliphatic carbocycles. The van der Waals surface area contributed by atoms with Crippen LogP contribution in [0.15, 0.2) is 24.3 Å². The van der Waals surface area contributed by atoms with E-state index < -0.39 is 11.0 Å². The van der Waals surface area contributed by atoms with Gasteiger partial charge in [-0.2, -0.15) is 0 Å². The maximum atomic E-state index is 11.5. The van der Waals surface area contributed by atoms with Gasteiger partial charge in [0.25, 0.3) is 5.69 Å². The van der Waals surface area contributed by atoms with Crippen LogP contribution in [0.2, 0.25) is 0 Å². The number of aliphatic hydroxyl groups excluding tert-OH is 1. The van der Waals surface area contributed by atoms with Crippen LogP contribution in [-0.4, -0.2) is 15.8 Å². The molecule has 5 nitrogen and oxygen atoms in total. The van der Waals surface area contributed by atoms with Crippen LogP contribution in [0, 0.1) is 10.1 Å². The fourth-order valence-corrected chi connectivity index (χ4v) is 1.63. The van der Waals surface area contributed by atoms with Gasteiger partial charge in [-0.05, 0) is 24.1 Å². The third-order valence-electron chi connectivity index (χ3n) is 2.72. The van der Waals surface area contributed by atoms with E-state index in [0.29, 0.717) is 12.0 Å². The Kier molecular flexibility index (Phi) is 5.45. The van der Waals surface area contributed by atoms with E-state index in [1.54, 1.807) is 0 Å². The average Bonchev–Trinajstić information content (AvgIpc) is 2.36. The molecule has 0 aliphatic rings. The van der Waals surface area contributed by atoms with Crippen molar-refractivity contribution in [2.45, 2.75) is 38.7 Å². The van der Waals surface area contributed by atoms with Crippen molar-refractivity contribution in [3.63, 3.8) is 0 Å². The number of carbonyl (C=O) groups excluding carboxylic acids is 1. The Morgan fingerprint density at radius 1 is 1.39 bits per heavy atom. The Morgan fingerprint density at radius 3 is 2.50 bits per heavy atom. The number of carbonyl (C=O) groups is 1. The van der Waals surface area contributed by atoms with Gasteiger partial charge in [-0.25, -0.2) is 0 Å². The minimum absolute atomic E-state index is 0.0164. The maximum absolute atomic E-state index is 11.5. The summed E-state index contributed by atoms with van der Waals surface area (Å²) in [5.41, 5.74) is 0.508. The molecule has 0 saturated carbocycles. The number of rotatable bonds is 7. The van der Waals surface area contributed by atoms with Crippen molar-refractivity contribution >= 4 is 11.5 Å². The molecule has 0 bridgehead atoms. The molecule has 0 aromatic heterocycles. The number of non-ortho nitro benzene ring substituents is 1. The molecule has 1 rings (SSSR count). The number of hydrogen-bond acceptors (Lipinski definition) is 4. The van der Waals surface area contributed by atoms with Gasteiger partial charge in [-0.1, -0.05) is 13.3 Å². The molecular weight excluding hydrogens is 234 g/mol. The fourth-order valence-electron chi connectivity index (χ4n) is 1.63. The first-order valence-electron chi connectivity index (χ1n) is 5.98. The lowest BCUT2D eigenvalue weighted by atomic mass is 10.0. The predicted octanol–water partition coefficient (Wildman–Crippen LogP) is 2.78. The third-order valence-corrected chi connectivity index (χ3v) is 2.72. The highest BCUT2D eigenvalue weighted by molar-refractivity contribution is 5.79. The van der Waals surface area contributed by atoms with Gasteiger partial charge >= 0.3 is 0 Å². The van der Waals surface area contributed by atoms with Gasteiger partial charge in [0, 0.05) is 25.0 Å². The highest BCUT2D eigenvalue weighted by atomic mass is 16.6. The van der Waals surface area contributed by atoms with Crippen LogP contribution in [0.1, 0.15) is 44.3 Å². The van der Waals surface area contributed by atoms with E-state index >= 15 is 0 Å². The molecule has 0 spiro atoms. The number of nitro benzene ring substituents is 1. The van der Waals surface area contributed by atoms with E-state index in [1.807, 2.05) is 6.92 Å². The number of hydrogen-bond donors (Lipinski definition) is 1. The Bertz CT molecular complexity index is 414. The molecule has 18 heavy (non-hydrogen) atoms. The molecule has 5 heteroatoms. The van der Waals surface area contributed by atoms with Gasteiger partial charge in [-0.3, -0.25) is 14.9 Å². The van der Waals surface area contributed by atoms with Crippen LogP contribution in [-0.2, 0) is 4.79 Å². The summed E-state index contributed by atoms with van der Waals surface area (Å²) in [7, 11) is 0. The largest absolute Gasteiger partial charge is 0.388 e. The molecule has 0 amide bonds. The molecule has 0 radical (unpaired) electrons. The average molecular weight is 251 g/mol. The minimum Gasteiger partial charge on any atom is -0.388 e. The molecule has 1 N–H and O–H groups in total. The molecule has 0 aliphatic heterocycles. The molecule has 0 fully saturated rings. The Morgan fingerprint density at radius 2 is 2.00 bits per heavy atom. The molecule has 0 saturated heterocycles. The SMILES string of the molecule is CCCCC(=O)CC(O)c1ccc([N+](=O)[O-])cc1. The van der Waals surface area contributed by atoms with Gasteiger partial charge in [0.1, 0.15) is 5.78 Å². The standard InChI is InChI=1S/C13H17NO4/c1-2-3-4-12(15)9-13(16)10-5-7-11(8-6-10)14(17)18/h5-8,13,16H,2-4,9H2,1H3. The summed E-state index contributed by atoms with van der Waals surface area (Å²) in [5.74, 6) is 0.0164. The monoisotopic (exact) mass is 251 g/mol.